The number of benzene rings is 1. The summed E-state index contributed by atoms with van der Waals surface area (Å²) in [5.74, 6) is 0.432. The van der Waals surface area contributed by atoms with Gasteiger partial charge < -0.3 is 15.8 Å². The number of carbonyl (C=O) groups excluding carboxylic acids is 1. The number of anilines is 1. The van der Waals surface area contributed by atoms with E-state index in [2.05, 4.69) is 10.3 Å². The lowest BCUT2D eigenvalue weighted by Crippen LogP contribution is -2.36. The van der Waals surface area contributed by atoms with Crippen LogP contribution in [-0.2, 0) is 4.79 Å². The van der Waals surface area contributed by atoms with Gasteiger partial charge in [-0.1, -0.05) is 6.92 Å². The fourth-order valence-corrected chi connectivity index (χ4v) is 1.90. The van der Waals surface area contributed by atoms with Crippen molar-refractivity contribution in [1.29, 1.82) is 0 Å². The molecule has 106 valence electrons. The second kappa shape index (κ2) is 6.23. The van der Waals surface area contributed by atoms with Crippen molar-refractivity contribution in [1.82, 2.24) is 10.3 Å². The maximum absolute atomic E-state index is 11.8. The van der Waals surface area contributed by atoms with Gasteiger partial charge in [0.05, 0.1) is 0 Å². The third-order valence-electron chi connectivity index (χ3n) is 2.99. The molecule has 1 atom stereocenters. The summed E-state index contributed by atoms with van der Waals surface area (Å²) in [6, 6.07) is 7.20. The highest BCUT2D eigenvalue weighted by Gasteiger charge is 2.16. The van der Waals surface area contributed by atoms with Crippen LogP contribution in [0.2, 0.25) is 0 Å². The number of nitrogens with one attached hydrogen (secondary N) is 1. The number of amides is 1. The molecule has 0 radical (unpaired) electrons. The van der Waals surface area contributed by atoms with Crippen LogP contribution in [0, 0.1) is 0 Å². The standard InChI is InChI=1S/C15H19N3O2/c1-3-8-18-15(19)10(2)20-13-7-6-12(16)11-5-4-9-17-14(11)13/h4-7,9-10H,3,8,16H2,1-2H3,(H,18,19). The number of pyridine rings is 1. The topological polar surface area (TPSA) is 77.2 Å². The summed E-state index contributed by atoms with van der Waals surface area (Å²) in [6.45, 7) is 4.37. The van der Waals surface area contributed by atoms with Crippen LogP contribution >= 0.6 is 0 Å². The number of rotatable bonds is 5. The molecule has 0 aliphatic heterocycles. The maximum atomic E-state index is 11.8. The van der Waals surface area contributed by atoms with E-state index in [0.29, 0.717) is 23.5 Å². The molecular formula is C15H19N3O2. The first-order valence-corrected chi connectivity index (χ1v) is 6.71. The average molecular weight is 273 g/mol. The van der Waals surface area contributed by atoms with Gasteiger partial charge in [-0.05, 0) is 37.6 Å². The number of carbonyl (C=O) groups is 1. The fourth-order valence-electron chi connectivity index (χ4n) is 1.90. The monoisotopic (exact) mass is 273 g/mol. The van der Waals surface area contributed by atoms with Crippen molar-refractivity contribution in [3.8, 4) is 5.75 Å². The number of aromatic nitrogens is 1. The first-order chi connectivity index (χ1) is 9.63. The second-order valence-electron chi connectivity index (χ2n) is 4.60. The van der Waals surface area contributed by atoms with Crippen LogP contribution in [-0.4, -0.2) is 23.5 Å². The predicted octanol–water partition coefficient (Wildman–Crippen LogP) is 2.11. The molecule has 0 saturated carbocycles. The molecule has 1 amide bonds. The lowest BCUT2D eigenvalue weighted by Gasteiger charge is -2.16. The van der Waals surface area contributed by atoms with Crippen molar-refractivity contribution in [3.63, 3.8) is 0 Å². The van der Waals surface area contributed by atoms with Crippen LogP contribution in [0.5, 0.6) is 5.75 Å². The van der Waals surface area contributed by atoms with Crippen LogP contribution in [0.1, 0.15) is 20.3 Å². The van der Waals surface area contributed by atoms with Gasteiger partial charge in [0.1, 0.15) is 11.3 Å². The normalized spacial score (nSPS) is 12.1. The molecule has 1 aromatic heterocycles. The molecular weight excluding hydrogens is 254 g/mol. The molecule has 0 aliphatic rings. The molecule has 0 spiro atoms. The summed E-state index contributed by atoms with van der Waals surface area (Å²) in [7, 11) is 0. The number of fused-ring (bicyclic) bond motifs is 1. The summed E-state index contributed by atoms with van der Waals surface area (Å²) in [5.41, 5.74) is 7.22. The minimum atomic E-state index is -0.574. The maximum Gasteiger partial charge on any atom is 0.260 e. The van der Waals surface area contributed by atoms with E-state index in [9.17, 15) is 4.79 Å². The summed E-state index contributed by atoms with van der Waals surface area (Å²) in [6.07, 6.45) is 2.00. The molecule has 1 aromatic carbocycles. The third-order valence-corrected chi connectivity index (χ3v) is 2.99. The van der Waals surface area contributed by atoms with E-state index in [0.717, 1.165) is 11.8 Å². The zero-order valence-electron chi connectivity index (χ0n) is 11.7. The smallest absolute Gasteiger partial charge is 0.260 e. The highest BCUT2D eigenvalue weighted by atomic mass is 16.5. The molecule has 0 saturated heterocycles. The van der Waals surface area contributed by atoms with Crippen LogP contribution in [0.4, 0.5) is 5.69 Å². The van der Waals surface area contributed by atoms with E-state index < -0.39 is 6.10 Å². The molecule has 2 aromatic rings. The van der Waals surface area contributed by atoms with Crippen molar-refractivity contribution in [2.45, 2.75) is 26.4 Å². The second-order valence-corrected chi connectivity index (χ2v) is 4.60. The summed E-state index contributed by atoms with van der Waals surface area (Å²) < 4.78 is 5.71. The zero-order chi connectivity index (χ0) is 14.5. The first-order valence-electron chi connectivity index (χ1n) is 6.71. The molecule has 0 fully saturated rings. The third kappa shape index (κ3) is 2.99. The Morgan fingerprint density at radius 2 is 2.25 bits per heavy atom. The summed E-state index contributed by atoms with van der Waals surface area (Å²) in [5, 5.41) is 3.63. The van der Waals surface area contributed by atoms with Gasteiger partial charge in [0.25, 0.3) is 5.91 Å². The number of hydrogen-bond donors (Lipinski definition) is 2. The molecule has 5 nitrogen and oxygen atoms in total. The number of nitrogens with zero attached hydrogens (tertiary/aromatic N) is 1. The Morgan fingerprint density at radius 3 is 3.00 bits per heavy atom. The van der Waals surface area contributed by atoms with Crippen LogP contribution in [0.15, 0.2) is 30.5 Å². The molecule has 1 heterocycles. The Balaban J connectivity index is 2.22. The van der Waals surface area contributed by atoms with Gasteiger partial charge in [0.2, 0.25) is 0 Å². The van der Waals surface area contributed by atoms with Gasteiger partial charge in [-0.25, -0.2) is 0 Å². The van der Waals surface area contributed by atoms with E-state index >= 15 is 0 Å². The molecule has 0 bridgehead atoms. The molecule has 20 heavy (non-hydrogen) atoms. The van der Waals surface area contributed by atoms with Gasteiger partial charge in [-0.15, -0.1) is 0 Å². The summed E-state index contributed by atoms with van der Waals surface area (Å²) in [4.78, 5) is 16.1. The molecule has 3 N–H and O–H groups in total. The van der Waals surface area contributed by atoms with E-state index in [1.165, 1.54) is 0 Å². The molecule has 0 aliphatic carbocycles. The Labute approximate surface area is 118 Å². The molecule has 5 heteroatoms. The summed E-state index contributed by atoms with van der Waals surface area (Å²) >= 11 is 0. The predicted molar refractivity (Wildman–Crippen MR) is 79.5 cm³/mol. The Kier molecular flexibility index (Phi) is 4.40. The number of hydrogen-bond acceptors (Lipinski definition) is 4. The zero-order valence-corrected chi connectivity index (χ0v) is 11.7. The lowest BCUT2D eigenvalue weighted by atomic mass is 10.1. The van der Waals surface area contributed by atoms with Crippen LogP contribution < -0.4 is 15.8 Å². The fraction of sp³-hybridized carbons (Fsp3) is 0.333. The van der Waals surface area contributed by atoms with Gasteiger partial charge in [0, 0.05) is 23.8 Å². The van der Waals surface area contributed by atoms with Crippen molar-refractivity contribution in [3.05, 3.63) is 30.5 Å². The van der Waals surface area contributed by atoms with E-state index in [-0.39, 0.29) is 5.91 Å². The van der Waals surface area contributed by atoms with E-state index in [4.69, 9.17) is 10.5 Å². The quantitative estimate of drug-likeness (QED) is 0.818. The highest BCUT2D eigenvalue weighted by Crippen LogP contribution is 2.28. The minimum absolute atomic E-state index is 0.132. The SMILES string of the molecule is CCCNC(=O)C(C)Oc1ccc(N)c2cccnc12. The highest BCUT2D eigenvalue weighted by molar-refractivity contribution is 5.94. The Bertz CT molecular complexity index is 613. The van der Waals surface area contributed by atoms with Gasteiger partial charge in [-0.3, -0.25) is 9.78 Å². The van der Waals surface area contributed by atoms with E-state index in [1.807, 2.05) is 19.1 Å². The minimum Gasteiger partial charge on any atom is -0.479 e. The Morgan fingerprint density at radius 1 is 1.45 bits per heavy atom. The average Bonchev–Trinajstić information content (AvgIpc) is 2.47. The molecule has 1 unspecified atom stereocenters. The largest absolute Gasteiger partial charge is 0.479 e. The van der Waals surface area contributed by atoms with Crippen LogP contribution in [0.3, 0.4) is 0 Å². The van der Waals surface area contributed by atoms with Crippen molar-refractivity contribution in [2.24, 2.45) is 0 Å². The number of ether oxygens (including phenoxy) is 1. The Hall–Kier alpha value is -2.30. The number of nitrogen functional groups attached to an aromatic ring is 1. The van der Waals surface area contributed by atoms with Crippen molar-refractivity contribution < 1.29 is 9.53 Å². The number of nitrogens with two attached hydrogens (primary N) is 1. The van der Waals surface area contributed by atoms with Gasteiger partial charge >= 0.3 is 0 Å². The molecule has 2 rings (SSSR count). The van der Waals surface area contributed by atoms with Crippen molar-refractivity contribution in [2.75, 3.05) is 12.3 Å². The van der Waals surface area contributed by atoms with Crippen LogP contribution in [0.25, 0.3) is 10.9 Å². The van der Waals surface area contributed by atoms with Gasteiger partial charge in [-0.2, -0.15) is 0 Å². The van der Waals surface area contributed by atoms with Crippen molar-refractivity contribution >= 4 is 22.5 Å². The van der Waals surface area contributed by atoms with E-state index in [1.54, 1.807) is 25.3 Å². The van der Waals surface area contributed by atoms with Gasteiger partial charge in [0.15, 0.2) is 6.10 Å². The lowest BCUT2D eigenvalue weighted by molar-refractivity contribution is -0.127. The first kappa shape index (κ1) is 14.1.